The molecule has 0 radical (unpaired) electrons. The highest BCUT2D eigenvalue weighted by molar-refractivity contribution is 14.1. The average Bonchev–Trinajstić information content (AvgIpc) is 2.63. The lowest BCUT2D eigenvalue weighted by Crippen LogP contribution is -2.04. The van der Waals surface area contributed by atoms with Crippen molar-refractivity contribution in [2.75, 3.05) is 12.0 Å². The van der Waals surface area contributed by atoms with Gasteiger partial charge >= 0.3 is 0 Å². The molecule has 0 fully saturated rings. The molecule has 0 aliphatic rings. The monoisotopic (exact) mass is 366 g/mol. The summed E-state index contributed by atoms with van der Waals surface area (Å²) in [6, 6.07) is 6.33. The van der Waals surface area contributed by atoms with E-state index in [1.165, 1.54) is 9.09 Å². The van der Waals surface area contributed by atoms with Crippen molar-refractivity contribution < 1.29 is 0 Å². The van der Waals surface area contributed by atoms with E-state index in [1.54, 1.807) is 0 Å². The standard InChI is InChI=1S/C11H12ClIN2S/c1-16-5-4-15-10-3-2-8(13)6-9(10)14-11(15)7-12/h2-3,6H,4-5,7H2,1H3. The van der Waals surface area contributed by atoms with Gasteiger partial charge in [-0.15, -0.1) is 11.6 Å². The summed E-state index contributed by atoms with van der Waals surface area (Å²) in [5.74, 6) is 2.52. The minimum atomic E-state index is 0.472. The SMILES string of the molecule is CSCCn1c(CCl)nc2cc(I)ccc21. The number of aromatic nitrogens is 2. The first-order valence-electron chi connectivity index (χ1n) is 4.96. The first-order chi connectivity index (χ1) is 7.76. The molecule has 0 N–H and O–H groups in total. The highest BCUT2D eigenvalue weighted by Crippen LogP contribution is 2.20. The summed E-state index contributed by atoms with van der Waals surface area (Å²) in [6.45, 7) is 0.973. The van der Waals surface area contributed by atoms with E-state index in [2.05, 4.69) is 56.6 Å². The number of fused-ring (bicyclic) bond motifs is 1. The minimum absolute atomic E-state index is 0.472. The fraction of sp³-hybridized carbons (Fsp3) is 0.364. The number of hydrogen-bond acceptors (Lipinski definition) is 2. The number of benzene rings is 1. The molecular weight excluding hydrogens is 355 g/mol. The molecule has 1 aromatic heterocycles. The molecule has 1 aromatic carbocycles. The van der Waals surface area contributed by atoms with Crippen molar-refractivity contribution in [3.05, 3.63) is 27.6 Å². The fourth-order valence-electron chi connectivity index (χ4n) is 1.69. The zero-order valence-corrected chi connectivity index (χ0v) is 12.6. The molecule has 2 rings (SSSR count). The van der Waals surface area contributed by atoms with E-state index in [0.29, 0.717) is 5.88 Å². The second-order valence-electron chi connectivity index (χ2n) is 3.44. The van der Waals surface area contributed by atoms with Gasteiger partial charge in [-0.2, -0.15) is 11.8 Å². The summed E-state index contributed by atoms with van der Waals surface area (Å²) in [6.07, 6.45) is 2.11. The highest BCUT2D eigenvalue weighted by atomic mass is 127. The van der Waals surface area contributed by atoms with E-state index in [0.717, 1.165) is 23.6 Å². The number of thioether (sulfide) groups is 1. The van der Waals surface area contributed by atoms with Gasteiger partial charge in [0.1, 0.15) is 5.82 Å². The topological polar surface area (TPSA) is 17.8 Å². The van der Waals surface area contributed by atoms with Gasteiger partial charge in [-0.1, -0.05) is 0 Å². The van der Waals surface area contributed by atoms with E-state index in [4.69, 9.17) is 11.6 Å². The second-order valence-corrected chi connectivity index (χ2v) is 5.94. The van der Waals surface area contributed by atoms with Crippen LogP contribution in [-0.2, 0) is 12.4 Å². The Labute approximate surface area is 118 Å². The van der Waals surface area contributed by atoms with Crippen LogP contribution in [0.1, 0.15) is 5.82 Å². The van der Waals surface area contributed by atoms with Gasteiger partial charge in [0, 0.05) is 15.9 Å². The van der Waals surface area contributed by atoms with Crippen LogP contribution in [-0.4, -0.2) is 21.6 Å². The van der Waals surface area contributed by atoms with Crippen molar-refractivity contribution in [1.82, 2.24) is 9.55 Å². The molecule has 86 valence electrons. The van der Waals surface area contributed by atoms with Crippen LogP contribution in [0.15, 0.2) is 18.2 Å². The van der Waals surface area contributed by atoms with Crippen molar-refractivity contribution >= 4 is 57.0 Å². The lowest BCUT2D eigenvalue weighted by molar-refractivity contribution is 0.755. The molecule has 2 aromatic rings. The van der Waals surface area contributed by atoms with E-state index in [9.17, 15) is 0 Å². The summed E-state index contributed by atoms with van der Waals surface area (Å²) >= 11 is 10.1. The number of rotatable bonds is 4. The van der Waals surface area contributed by atoms with Crippen molar-refractivity contribution in [1.29, 1.82) is 0 Å². The fourth-order valence-corrected chi connectivity index (χ4v) is 2.73. The van der Waals surface area contributed by atoms with Crippen LogP contribution in [0.4, 0.5) is 0 Å². The highest BCUT2D eigenvalue weighted by Gasteiger charge is 2.09. The molecule has 0 bridgehead atoms. The molecule has 2 nitrogen and oxygen atoms in total. The molecule has 1 heterocycles. The predicted molar refractivity (Wildman–Crippen MR) is 80.4 cm³/mol. The second kappa shape index (κ2) is 5.60. The van der Waals surface area contributed by atoms with Gasteiger partial charge in [0.2, 0.25) is 0 Å². The zero-order chi connectivity index (χ0) is 11.5. The maximum Gasteiger partial charge on any atom is 0.124 e. The summed E-state index contributed by atoms with van der Waals surface area (Å²) in [5, 5.41) is 0. The van der Waals surface area contributed by atoms with Crippen LogP contribution in [0.2, 0.25) is 0 Å². The summed E-state index contributed by atoms with van der Waals surface area (Å²) in [7, 11) is 0. The van der Waals surface area contributed by atoms with E-state index < -0.39 is 0 Å². The Hall–Kier alpha value is 0.0600. The van der Waals surface area contributed by atoms with Gasteiger partial charge in [0.15, 0.2) is 0 Å². The predicted octanol–water partition coefficient (Wildman–Crippen LogP) is 3.74. The van der Waals surface area contributed by atoms with Crippen LogP contribution in [0, 0.1) is 3.57 Å². The molecule has 0 amide bonds. The van der Waals surface area contributed by atoms with Crippen LogP contribution in [0.3, 0.4) is 0 Å². The van der Waals surface area contributed by atoms with Crippen molar-refractivity contribution in [2.24, 2.45) is 0 Å². The molecule has 0 aliphatic carbocycles. The third-order valence-electron chi connectivity index (χ3n) is 2.43. The minimum Gasteiger partial charge on any atom is -0.326 e. The Balaban J connectivity index is 2.50. The average molecular weight is 367 g/mol. The summed E-state index contributed by atoms with van der Waals surface area (Å²) in [5.41, 5.74) is 2.23. The lowest BCUT2D eigenvalue weighted by atomic mass is 10.3. The van der Waals surface area contributed by atoms with Gasteiger partial charge in [0.25, 0.3) is 0 Å². The number of hydrogen-bond donors (Lipinski definition) is 0. The van der Waals surface area contributed by atoms with Gasteiger partial charge in [-0.3, -0.25) is 0 Å². The number of alkyl halides is 1. The van der Waals surface area contributed by atoms with E-state index >= 15 is 0 Å². The quantitative estimate of drug-likeness (QED) is 0.606. The Morgan fingerprint density at radius 1 is 1.50 bits per heavy atom. The Bertz CT molecular complexity index is 498. The van der Waals surface area contributed by atoms with Gasteiger partial charge in [-0.05, 0) is 47.0 Å². The maximum absolute atomic E-state index is 5.93. The molecule has 0 atom stereocenters. The van der Waals surface area contributed by atoms with Crippen LogP contribution in [0.25, 0.3) is 11.0 Å². The number of halogens is 2. The largest absolute Gasteiger partial charge is 0.326 e. The smallest absolute Gasteiger partial charge is 0.124 e. The summed E-state index contributed by atoms with van der Waals surface area (Å²) in [4.78, 5) is 4.56. The van der Waals surface area contributed by atoms with Crippen molar-refractivity contribution in [3.8, 4) is 0 Å². The third kappa shape index (κ3) is 2.49. The van der Waals surface area contributed by atoms with Crippen molar-refractivity contribution in [2.45, 2.75) is 12.4 Å². The van der Waals surface area contributed by atoms with E-state index in [1.807, 2.05) is 11.8 Å². The first-order valence-corrected chi connectivity index (χ1v) is 7.96. The van der Waals surface area contributed by atoms with Crippen molar-refractivity contribution in [3.63, 3.8) is 0 Å². The molecule has 0 aliphatic heterocycles. The van der Waals surface area contributed by atoms with Crippen LogP contribution in [0.5, 0.6) is 0 Å². The van der Waals surface area contributed by atoms with Crippen LogP contribution >= 0.6 is 46.0 Å². The molecule has 5 heteroatoms. The number of imidazole rings is 1. The molecule has 0 unspecified atom stereocenters. The maximum atomic E-state index is 5.93. The van der Waals surface area contributed by atoms with Gasteiger partial charge in [0.05, 0.1) is 16.9 Å². The van der Waals surface area contributed by atoms with E-state index in [-0.39, 0.29) is 0 Å². The molecule has 0 saturated carbocycles. The summed E-state index contributed by atoms with van der Waals surface area (Å²) < 4.78 is 3.43. The molecule has 0 spiro atoms. The molecule has 0 saturated heterocycles. The first kappa shape index (κ1) is 12.5. The Kier molecular flexibility index (Phi) is 4.38. The Morgan fingerprint density at radius 2 is 2.31 bits per heavy atom. The van der Waals surface area contributed by atoms with Crippen LogP contribution < -0.4 is 0 Å². The number of aryl methyl sites for hydroxylation is 1. The van der Waals surface area contributed by atoms with Gasteiger partial charge < -0.3 is 4.57 Å². The Morgan fingerprint density at radius 3 is 3.00 bits per heavy atom. The lowest BCUT2D eigenvalue weighted by Gasteiger charge is -2.05. The molecular formula is C11H12ClIN2S. The zero-order valence-electron chi connectivity index (χ0n) is 8.91. The number of nitrogens with zero attached hydrogens (tertiary/aromatic N) is 2. The third-order valence-corrected chi connectivity index (χ3v) is 3.93. The van der Waals surface area contributed by atoms with Gasteiger partial charge in [-0.25, -0.2) is 4.98 Å². The normalized spacial score (nSPS) is 11.2. The molecule has 16 heavy (non-hydrogen) atoms.